The number of rotatable bonds is 3. The van der Waals surface area contributed by atoms with Gasteiger partial charge >= 0.3 is 11.9 Å². The summed E-state index contributed by atoms with van der Waals surface area (Å²) in [4.78, 5) is 20.3. The Morgan fingerprint density at radius 3 is 2.40 bits per heavy atom. The van der Waals surface area contributed by atoms with Crippen LogP contribution >= 0.6 is 0 Å². The maximum atomic E-state index is 10.4. The minimum absolute atomic E-state index is 0.200. The van der Waals surface area contributed by atoms with E-state index in [9.17, 15) is 9.59 Å². The van der Waals surface area contributed by atoms with Crippen LogP contribution in [0.4, 0.5) is 0 Å². The Labute approximate surface area is 58.1 Å². The predicted molar refractivity (Wildman–Crippen MR) is 33.2 cm³/mol. The molecule has 0 atom stereocenters. The molecule has 0 saturated carbocycles. The molecule has 0 aliphatic rings. The van der Waals surface area contributed by atoms with Gasteiger partial charge in [-0.3, -0.25) is 9.59 Å². The average molecular weight is 144 g/mol. The van der Waals surface area contributed by atoms with Crippen molar-refractivity contribution in [3.05, 3.63) is 12.3 Å². The highest BCUT2D eigenvalue weighted by Crippen LogP contribution is 1.93. The Morgan fingerprint density at radius 2 is 2.10 bits per heavy atom. The Bertz CT molecular complexity index is 153. The van der Waals surface area contributed by atoms with Crippen LogP contribution in [0, 0.1) is 0 Å². The highest BCUT2D eigenvalue weighted by Gasteiger charge is 2.07. The number of allylic oxidation sites excluding steroid dienone is 1. The van der Waals surface area contributed by atoms with Gasteiger partial charge in [-0.05, 0) is 6.92 Å². The molecule has 0 saturated heterocycles. The smallest absolute Gasteiger partial charge is 0.322 e. The van der Waals surface area contributed by atoms with Gasteiger partial charge in [-0.15, -0.1) is 0 Å². The van der Waals surface area contributed by atoms with Crippen LogP contribution in [0.25, 0.3) is 0 Å². The van der Waals surface area contributed by atoms with Gasteiger partial charge in [0.05, 0.1) is 5.76 Å². The number of esters is 1. The maximum absolute atomic E-state index is 10.4. The molecule has 0 aromatic heterocycles. The van der Waals surface area contributed by atoms with Gasteiger partial charge in [0.15, 0.2) is 0 Å². The molecule has 1 N–H and O–H groups in total. The second-order valence-corrected chi connectivity index (χ2v) is 1.75. The number of carbonyl (C=O) groups excluding carboxylic acids is 1. The standard InChI is InChI=1S/C6H8O4/c1-4(2)10-6(9)3-5(7)8/h1,3H2,2H3,(H,7,8). The van der Waals surface area contributed by atoms with Crippen molar-refractivity contribution in [2.75, 3.05) is 0 Å². The lowest BCUT2D eigenvalue weighted by molar-refractivity contribution is -0.148. The predicted octanol–water partition coefficient (Wildman–Crippen LogP) is 0.538. The van der Waals surface area contributed by atoms with Gasteiger partial charge in [0.25, 0.3) is 0 Å². The third kappa shape index (κ3) is 4.83. The third-order valence-electron chi connectivity index (χ3n) is 0.584. The zero-order chi connectivity index (χ0) is 8.15. The summed E-state index contributed by atoms with van der Waals surface area (Å²) in [5.41, 5.74) is 0. The van der Waals surface area contributed by atoms with Crippen molar-refractivity contribution in [1.29, 1.82) is 0 Å². The SMILES string of the molecule is C=C(C)OC(=O)CC(=O)O. The molecule has 0 fully saturated rings. The normalized spacial score (nSPS) is 8.50. The molecule has 0 aromatic rings. The fraction of sp³-hybridized carbons (Fsp3) is 0.333. The summed E-state index contributed by atoms with van der Waals surface area (Å²) in [6, 6.07) is 0. The van der Waals surface area contributed by atoms with E-state index in [4.69, 9.17) is 5.11 Å². The van der Waals surface area contributed by atoms with Crippen molar-refractivity contribution >= 4 is 11.9 Å². The van der Waals surface area contributed by atoms with Gasteiger partial charge in [-0.25, -0.2) is 0 Å². The number of hydrogen-bond acceptors (Lipinski definition) is 3. The number of carboxylic acids is 1. The molecular formula is C6H8O4. The highest BCUT2D eigenvalue weighted by molar-refractivity contribution is 5.90. The Morgan fingerprint density at radius 1 is 1.60 bits per heavy atom. The van der Waals surface area contributed by atoms with Gasteiger partial charge in [0.1, 0.15) is 6.42 Å². The molecule has 10 heavy (non-hydrogen) atoms. The largest absolute Gasteiger partial charge is 0.481 e. The topological polar surface area (TPSA) is 63.6 Å². The van der Waals surface area contributed by atoms with E-state index in [1.54, 1.807) is 0 Å². The zero-order valence-electron chi connectivity index (χ0n) is 5.59. The van der Waals surface area contributed by atoms with Gasteiger partial charge in [0.2, 0.25) is 0 Å². The lowest BCUT2D eigenvalue weighted by atomic mass is 10.4. The molecule has 0 heterocycles. The highest BCUT2D eigenvalue weighted by atomic mass is 16.5. The average Bonchev–Trinajstić information content (AvgIpc) is 1.58. The van der Waals surface area contributed by atoms with Crippen LogP contribution < -0.4 is 0 Å². The van der Waals surface area contributed by atoms with Gasteiger partial charge in [-0.2, -0.15) is 0 Å². The van der Waals surface area contributed by atoms with Crippen molar-refractivity contribution in [3.8, 4) is 0 Å². The van der Waals surface area contributed by atoms with E-state index in [0.717, 1.165) is 0 Å². The van der Waals surface area contributed by atoms with E-state index in [0.29, 0.717) is 0 Å². The minimum Gasteiger partial charge on any atom is -0.481 e. The summed E-state index contributed by atoms with van der Waals surface area (Å²) in [7, 11) is 0. The number of aliphatic carboxylic acids is 1. The van der Waals surface area contributed by atoms with Crippen LogP contribution in [0.15, 0.2) is 12.3 Å². The van der Waals surface area contributed by atoms with Crippen LogP contribution in [0.3, 0.4) is 0 Å². The van der Waals surface area contributed by atoms with E-state index in [-0.39, 0.29) is 5.76 Å². The lowest BCUT2D eigenvalue weighted by Gasteiger charge is -1.98. The van der Waals surface area contributed by atoms with Crippen LogP contribution in [0.2, 0.25) is 0 Å². The molecule has 0 rings (SSSR count). The van der Waals surface area contributed by atoms with Crippen LogP contribution in [-0.4, -0.2) is 17.0 Å². The molecule has 0 aliphatic carbocycles. The summed E-state index contributed by atoms with van der Waals surface area (Å²) in [6.45, 7) is 4.74. The van der Waals surface area contributed by atoms with Gasteiger partial charge < -0.3 is 9.84 Å². The first kappa shape index (κ1) is 8.68. The molecule has 0 spiro atoms. The number of carboxylic acid groups (broad SMARTS) is 1. The molecule has 0 bridgehead atoms. The van der Waals surface area contributed by atoms with E-state index < -0.39 is 18.4 Å². The molecule has 56 valence electrons. The molecule has 0 amide bonds. The fourth-order valence-corrected chi connectivity index (χ4v) is 0.354. The summed E-state index contributed by atoms with van der Waals surface area (Å²) in [5, 5.41) is 8.07. The molecular weight excluding hydrogens is 136 g/mol. The number of ether oxygens (including phenoxy) is 1. The molecule has 0 radical (unpaired) electrons. The van der Waals surface area contributed by atoms with Gasteiger partial charge in [0, 0.05) is 0 Å². The first-order valence-electron chi connectivity index (χ1n) is 2.60. The molecule has 4 heteroatoms. The molecule has 0 unspecified atom stereocenters. The van der Waals surface area contributed by atoms with Crippen LogP contribution in [-0.2, 0) is 14.3 Å². The number of hydrogen-bond donors (Lipinski definition) is 1. The lowest BCUT2D eigenvalue weighted by Crippen LogP contribution is -2.08. The monoisotopic (exact) mass is 144 g/mol. The molecule has 0 aliphatic heterocycles. The number of carbonyl (C=O) groups is 2. The minimum atomic E-state index is -1.20. The Kier molecular flexibility index (Phi) is 3.17. The quantitative estimate of drug-likeness (QED) is 0.356. The van der Waals surface area contributed by atoms with Crippen LogP contribution in [0.1, 0.15) is 13.3 Å². The second-order valence-electron chi connectivity index (χ2n) is 1.75. The Balaban J connectivity index is 3.65. The van der Waals surface area contributed by atoms with E-state index in [1.165, 1.54) is 6.92 Å². The maximum Gasteiger partial charge on any atom is 0.322 e. The van der Waals surface area contributed by atoms with Crippen LogP contribution in [0.5, 0.6) is 0 Å². The summed E-state index contributed by atoms with van der Waals surface area (Å²) in [5.74, 6) is -1.79. The van der Waals surface area contributed by atoms with Crippen molar-refractivity contribution in [3.63, 3.8) is 0 Å². The molecule has 4 nitrogen and oxygen atoms in total. The first-order chi connectivity index (χ1) is 4.52. The summed E-state index contributed by atoms with van der Waals surface area (Å²) < 4.78 is 4.35. The molecule has 0 aromatic carbocycles. The van der Waals surface area contributed by atoms with E-state index in [1.807, 2.05) is 0 Å². The van der Waals surface area contributed by atoms with Crippen molar-refractivity contribution < 1.29 is 19.4 Å². The summed E-state index contributed by atoms with van der Waals surface area (Å²) >= 11 is 0. The summed E-state index contributed by atoms with van der Waals surface area (Å²) in [6.07, 6.45) is -0.618. The van der Waals surface area contributed by atoms with E-state index >= 15 is 0 Å². The van der Waals surface area contributed by atoms with Crippen molar-refractivity contribution in [1.82, 2.24) is 0 Å². The fourth-order valence-electron chi connectivity index (χ4n) is 0.354. The Hall–Kier alpha value is -1.32. The first-order valence-corrected chi connectivity index (χ1v) is 2.60. The second kappa shape index (κ2) is 3.66. The third-order valence-corrected chi connectivity index (χ3v) is 0.584. The van der Waals surface area contributed by atoms with Crippen molar-refractivity contribution in [2.24, 2.45) is 0 Å². The van der Waals surface area contributed by atoms with E-state index in [2.05, 4.69) is 11.3 Å². The van der Waals surface area contributed by atoms with Crippen molar-refractivity contribution in [2.45, 2.75) is 13.3 Å². The zero-order valence-corrected chi connectivity index (χ0v) is 5.59. The van der Waals surface area contributed by atoms with Gasteiger partial charge in [-0.1, -0.05) is 6.58 Å².